The molecule has 7 nitrogen and oxygen atoms in total. The van der Waals surface area contributed by atoms with Crippen molar-refractivity contribution in [3.05, 3.63) is 53.1 Å². The minimum atomic E-state index is -0.314. The minimum Gasteiger partial charge on any atom is -0.493 e. The molecular formula is C22H27N3O4. The maximum atomic E-state index is 12.7. The lowest BCUT2D eigenvalue weighted by Gasteiger charge is -2.31. The van der Waals surface area contributed by atoms with Gasteiger partial charge in [0.05, 0.1) is 14.2 Å². The predicted octanol–water partition coefficient (Wildman–Crippen LogP) is 3.06. The van der Waals surface area contributed by atoms with Crippen LogP contribution in [-0.2, 0) is 17.8 Å². The molecule has 3 amide bonds. The number of likely N-dealkylation sites (N-methyl/N-ethyl adjacent to an activating group) is 1. The van der Waals surface area contributed by atoms with Gasteiger partial charge in [-0.1, -0.05) is 17.7 Å². The molecule has 154 valence electrons. The highest BCUT2D eigenvalue weighted by Gasteiger charge is 2.24. The Kier molecular flexibility index (Phi) is 6.26. The summed E-state index contributed by atoms with van der Waals surface area (Å²) in [6.07, 6.45) is 0.737. The van der Waals surface area contributed by atoms with Crippen molar-refractivity contribution in [2.75, 3.05) is 39.7 Å². The third-order valence-electron chi connectivity index (χ3n) is 5.09. The van der Waals surface area contributed by atoms with Gasteiger partial charge in [0.2, 0.25) is 5.91 Å². The standard InChI is InChI=1S/C22H27N3O4/c1-15-5-7-18(8-6-15)23-22(27)24(2)14-21(26)25-10-9-16-11-19(28-3)20(29-4)12-17(16)13-25/h5-8,11-12H,9-10,13-14H2,1-4H3,(H,23,27). The molecule has 0 aliphatic carbocycles. The Morgan fingerprint density at radius 3 is 2.31 bits per heavy atom. The van der Waals surface area contributed by atoms with Crippen molar-refractivity contribution < 1.29 is 19.1 Å². The van der Waals surface area contributed by atoms with Crippen molar-refractivity contribution >= 4 is 17.6 Å². The first kappa shape index (κ1) is 20.5. The molecular weight excluding hydrogens is 370 g/mol. The number of nitrogens with one attached hydrogen (secondary N) is 1. The second kappa shape index (κ2) is 8.86. The van der Waals surface area contributed by atoms with Gasteiger partial charge in [-0.25, -0.2) is 4.79 Å². The fourth-order valence-electron chi connectivity index (χ4n) is 3.33. The van der Waals surface area contributed by atoms with Crippen LogP contribution in [0.25, 0.3) is 0 Å². The molecule has 3 rings (SSSR count). The van der Waals surface area contributed by atoms with Crippen LogP contribution < -0.4 is 14.8 Å². The number of amides is 3. The Morgan fingerprint density at radius 1 is 1.07 bits per heavy atom. The smallest absolute Gasteiger partial charge is 0.322 e. The molecule has 0 radical (unpaired) electrons. The number of carbonyl (C=O) groups is 2. The van der Waals surface area contributed by atoms with Crippen molar-refractivity contribution in [3.63, 3.8) is 0 Å². The van der Waals surface area contributed by atoms with Crippen molar-refractivity contribution in [1.82, 2.24) is 9.80 Å². The Morgan fingerprint density at radius 2 is 1.69 bits per heavy atom. The normalized spacial score (nSPS) is 12.8. The second-order valence-electron chi connectivity index (χ2n) is 7.19. The van der Waals surface area contributed by atoms with Crippen molar-refractivity contribution in [2.24, 2.45) is 0 Å². The molecule has 0 bridgehead atoms. The Hall–Kier alpha value is -3.22. The van der Waals surface area contributed by atoms with Crippen LogP contribution in [-0.4, -0.2) is 56.1 Å². The summed E-state index contributed by atoms with van der Waals surface area (Å²) in [6.45, 7) is 3.09. The van der Waals surface area contributed by atoms with E-state index in [9.17, 15) is 9.59 Å². The van der Waals surface area contributed by atoms with Crippen LogP contribution >= 0.6 is 0 Å². The van der Waals surface area contributed by atoms with Gasteiger partial charge in [-0.2, -0.15) is 0 Å². The fourth-order valence-corrected chi connectivity index (χ4v) is 3.33. The summed E-state index contributed by atoms with van der Waals surface area (Å²) in [6, 6.07) is 11.1. The number of anilines is 1. The Labute approximate surface area is 171 Å². The van der Waals surface area contributed by atoms with E-state index in [0.717, 1.165) is 23.1 Å². The largest absolute Gasteiger partial charge is 0.493 e. The van der Waals surface area contributed by atoms with E-state index in [0.29, 0.717) is 30.3 Å². The number of methoxy groups -OCH3 is 2. The number of urea groups is 1. The summed E-state index contributed by atoms with van der Waals surface area (Å²) in [7, 11) is 4.82. The monoisotopic (exact) mass is 397 g/mol. The molecule has 0 spiro atoms. The van der Waals surface area contributed by atoms with Gasteiger partial charge in [-0.15, -0.1) is 0 Å². The molecule has 7 heteroatoms. The van der Waals surface area contributed by atoms with Gasteiger partial charge in [0.1, 0.15) is 6.54 Å². The number of rotatable bonds is 5. The van der Waals surface area contributed by atoms with Crippen LogP contribution in [0.4, 0.5) is 10.5 Å². The van der Waals surface area contributed by atoms with Crippen molar-refractivity contribution in [3.8, 4) is 11.5 Å². The average Bonchev–Trinajstić information content (AvgIpc) is 2.73. The maximum absolute atomic E-state index is 12.7. The molecule has 2 aromatic rings. The van der Waals surface area contributed by atoms with Crippen LogP contribution in [0, 0.1) is 6.92 Å². The first-order valence-electron chi connectivity index (χ1n) is 9.51. The Balaban J connectivity index is 1.61. The number of hydrogen-bond donors (Lipinski definition) is 1. The van der Waals surface area contributed by atoms with Gasteiger partial charge in [0.15, 0.2) is 11.5 Å². The van der Waals surface area contributed by atoms with Crippen molar-refractivity contribution in [1.29, 1.82) is 0 Å². The third-order valence-corrected chi connectivity index (χ3v) is 5.09. The highest BCUT2D eigenvalue weighted by atomic mass is 16.5. The predicted molar refractivity (Wildman–Crippen MR) is 111 cm³/mol. The number of nitrogens with zero attached hydrogens (tertiary/aromatic N) is 2. The third kappa shape index (κ3) is 4.80. The second-order valence-corrected chi connectivity index (χ2v) is 7.19. The molecule has 0 saturated heterocycles. The van der Waals surface area contributed by atoms with E-state index in [1.54, 1.807) is 26.2 Å². The summed E-state index contributed by atoms with van der Waals surface area (Å²) in [4.78, 5) is 28.3. The molecule has 1 aliphatic heterocycles. The van der Waals surface area contributed by atoms with Crippen LogP contribution in [0.2, 0.25) is 0 Å². The number of ether oxygens (including phenoxy) is 2. The van der Waals surface area contributed by atoms with Gasteiger partial charge in [0, 0.05) is 25.8 Å². The van der Waals surface area contributed by atoms with E-state index in [1.165, 1.54) is 4.90 Å². The van der Waals surface area contributed by atoms with Gasteiger partial charge in [0.25, 0.3) is 0 Å². The average molecular weight is 397 g/mol. The van der Waals surface area contributed by atoms with E-state index in [-0.39, 0.29) is 18.5 Å². The van der Waals surface area contributed by atoms with Crippen LogP contribution in [0.15, 0.2) is 36.4 Å². The van der Waals surface area contributed by atoms with Crippen LogP contribution in [0.1, 0.15) is 16.7 Å². The molecule has 0 aromatic heterocycles. The highest BCUT2D eigenvalue weighted by Crippen LogP contribution is 2.33. The molecule has 0 saturated carbocycles. The lowest BCUT2D eigenvalue weighted by atomic mass is 9.98. The zero-order valence-corrected chi connectivity index (χ0v) is 17.3. The molecule has 0 atom stereocenters. The summed E-state index contributed by atoms with van der Waals surface area (Å²) in [5.41, 5.74) is 4.00. The first-order valence-corrected chi connectivity index (χ1v) is 9.51. The van der Waals surface area contributed by atoms with E-state index in [1.807, 2.05) is 43.3 Å². The number of carbonyl (C=O) groups excluding carboxylic acids is 2. The van der Waals surface area contributed by atoms with Gasteiger partial charge in [-0.3, -0.25) is 4.79 Å². The van der Waals surface area contributed by atoms with E-state index in [2.05, 4.69) is 5.32 Å². The summed E-state index contributed by atoms with van der Waals surface area (Å²) < 4.78 is 10.7. The molecule has 1 N–H and O–H groups in total. The van der Waals surface area contributed by atoms with Crippen LogP contribution in [0.5, 0.6) is 11.5 Å². The first-order chi connectivity index (χ1) is 13.9. The lowest BCUT2D eigenvalue weighted by molar-refractivity contribution is -0.132. The highest BCUT2D eigenvalue weighted by molar-refractivity contribution is 5.92. The van der Waals surface area contributed by atoms with Crippen molar-refractivity contribution in [2.45, 2.75) is 19.9 Å². The van der Waals surface area contributed by atoms with Crippen LogP contribution in [0.3, 0.4) is 0 Å². The van der Waals surface area contributed by atoms with E-state index in [4.69, 9.17) is 9.47 Å². The minimum absolute atomic E-state index is 0.0142. The maximum Gasteiger partial charge on any atom is 0.322 e. The number of fused-ring (bicyclic) bond motifs is 1. The summed E-state index contributed by atoms with van der Waals surface area (Å²) in [5, 5.41) is 2.81. The van der Waals surface area contributed by atoms with E-state index >= 15 is 0 Å². The molecule has 0 fully saturated rings. The quantitative estimate of drug-likeness (QED) is 0.842. The Bertz CT molecular complexity index is 896. The number of aryl methyl sites for hydroxylation is 1. The zero-order valence-electron chi connectivity index (χ0n) is 17.3. The fraction of sp³-hybridized carbons (Fsp3) is 0.364. The summed E-state index contributed by atoms with van der Waals surface area (Å²) >= 11 is 0. The molecule has 1 aliphatic rings. The summed E-state index contributed by atoms with van der Waals surface area (Å²) in [5.74, 6) is 1.25. The molecule has 0 unspecified atom stereocenters. The van der Waals surface area contributed by atoms with Gasteiger partial charge in [-0.05, 0) is 48.7 Å². The van der Waals surface area contributed by atoms with Gasteiger partial charge >= 0.3 is 6.03 Å². The SMILES string of the molecule is COc1cc2c(cc1OC)CN(C(=O)CN(C)C(=O)Nc1ccc(C)cc1)CC2. The van der Waals surface area contributed by atoms with E-state index < -0.39 is 0 Å². The lowest BCUT2D eigenvalue weighted by Crippen LogP contribution is -2.44. The zero-order chi connectivity index (χ0) is 21.0. The topological polar surface area (TPSA) is 71.1 Å². The number of hydrogen-bond acceptors (Lipinski definition) is 4. The number of benzene rings is 2. The molecule has 2 aromatic carbocycles. The molecule has 29 heavy (non-hydrogen) atoms. The van der Waals surface area contributed by atoms with Gasteiger partial charge < -0.3 is 24.6 Å². The molecule has 1 heterocycles.